The molecule has 1 heteroatoms. The minimum Gasteiger partial charge on any atom is -0.234 e. The molecule has 0 bridgehead atoms. The smallest absolute Gasteiger partial charge is 0.120 e. The van der Waals surface area contributed by atoms with Crippen LogP contribution in [0.2, 0.25) is 0 Å². The van der Waals surface area contributed by atoms with E-state index in [1.54, 1.807) is 5.94 Å². The topological polar surface area (TPSA) is 17.1 Å². The first-order valence-corrected chi connectivity index (χ1v) is 4.51. The lowest BCUT2D eigenvalue weighted by Crippen LogP contribution is -1.66. The van der Waals surface area contributed by atoms with Gasteiger partial charge in [0.1, 0.15) is 5.94 Å². The van der Waals surface area contributed by atoms with Crippen molar-refractivity contribution < 1.29 is 4.79 Å². The van der Waals surface area contributed by atoms with E-state index in [1.807, 2.05) is 54.6 Å². The highest BCUT2D eigenvalue weighted by atomic mass is 16.1. The highest BCUT2D eigenvalue weighted by molar-refractivity contribution is 5.50. The van der Waals surface area contributed by atoms with Crippen molar-refractivity contribution in [1.82, 2.24) is 0 Å². The van der Waals surface area contributed by atoms with Crippen LogP contribution in [0.3, 0.4) is 0 Å². The van der Waals surface area contributed by atoms with E-state index >= 15 is 0 Å². The number of rotatable bonds is 4. The van der Waals surface area contributed by atoms with Gasteiger partial charge >= 0.3 is 0 Å². The van der Waals surface area contributed by atoms with Crippen molar-refractivity contribution >= 4 is 12.0 Å². The van der Waals surface area contributed by atoms with Crippen molar-refractivity contribution in [3.63, 3.8) is 0 Å². The summed E-state index contributed by atoms with van der Waals surface area (Å²) >= 11 is 0. The van der Waals surface area contributed by atoms with Gasteiger partial charge in [-0.05, 0) is 12.0 Å². The molecule has 0 aliphatic carbocycles. The summed E-state index contributed by atoms with van der Waals surface area (Å²) in [5.74, 6) is 1.73. The lowest BCUT2D eigenvalue weighted by molar-refractivity contribution is 0.568. The summed E-state index contributed by atoms with van der Waals surface area (Å²) in [6.45, 7) is 0. The van der Waals surface area contributed by atoms with Gasteiger partial charge in [-0.3, -0.25) is 0 Å². The lowest BCUT2D eigenvalue weighted by atomic mass is 10.2. The molecule has 0 aliphatic heterocycles. The van der Waals surface area contributed by atoms with Crippen LogP contribution in [0, 0.1) is 0 Å². The van der Waals surface area contributed by atoms with Gasteiger partial charge in [-0.25, -0.2) is 4.79 Å². The number of allylic oxidation sites excluding steroid dienone is 4. The third-order valence-electron chi connectivity index (χ3n) is 1.67. The van der Waals surface area contributed by atoms with Gasteiger partial charge in [0.2, 0.25) is 0 Å². The summed E-state index contributed by atoms with van der Waals surface area (Å²) in [5, 5.41) is 0. The van der Waals surface area contributed by atoms with Gasteiger partial charge in [-0.2, -0.15) is 0 Å². The van der Waals surface area contributed by atoms with E-state index in [1.165, 1.54) is 11.6 Å². The standard InChI is InChI=1S/C13H12O/c14-12-8-3-1-2-5-9-13-10-6-4-7-11-13/h1-2,4-11H,3H2/b2-1+,9-5+. The van der Waals surface area contributed by atoms with Crippen LogP contribution >= 0.6 is 0 Å². The van der Waals surface area contributed by atoms with E-state index in [0.29, 0.717) is 6.42 Å². The molecule has 0 heterocycles. The number of carbonyl (C=O) groups excluding carboxylic acids is 1. The zero-order chi connectivity index (χ0) is 10.1. The van der Waals surface area contributed by atoms with Gasteiger partial charge in [0.25, 0.3) is 0 Å². The van der Waals surface area contributed by atoms with E-state index in [0.717, 1.165) is 0 Å². The Morgan fingerprint density at radius 3 is 2.64 bits per heavy atom. The summed E-state index contributed by atoms with van der Waals surface area (Å²) in [5.41, 5.74) is 1.17. The van der Waals surface area contributed by atoms with E-state index in [-0.39, 0.29) is 0 Å². The summed E-state index contributed by atoms with van der Waals surface area (Å²) < 4.78 is 0. The molecule has 1 aromatic rings. The zero-order valence-electron chi connectivity index (χ0n) is 7.89. The Balaban J connectivity index is 2.41. The lowest BCUT2D eigenvalue weighted by Gasteiger charge is -1.88. The van der Waals surface area contributed by atoms with Crippen molar-refractivity contribution in [2.75, 3.05) is 0 Å². The van der Waals surface area contributed by atoms with E-state index < -0.39 is 0 Å². The van der Waals surface area contributed by atoms with Crippen molar-refractivity contribution in [2.24, 2.45) is 0 Å². The zero-order valence-corrected chi connectivity index (χ0v) is 7.89. The predicted molar refractivity (Wildman–Crippen MR) is 59.5 cm³/mol. The maximum absolute atomic E-state index is 9.83. The average molecular weight is 184 g/mol. The first-order chi connectivity index (χ1) is 6.93. The largest absolute Gasteiger partial charge is 0.234 e. The quantitative estimate of drug-likeness (QED) is 0.519. The van der Waals surface area contributed by atoms with E-state index in [4.69, 9.17) is 0 Å². The van der Waals surface area contributed by atoms with Gasteiger partial charge in [0.05, 0.1) is 0 Å². The maximum Gasteiger partial charge on any atom is 0.120 e. The van der Waals surface area contributed by atoms with Gasteiger partial charge in [-0.15, -0.1) is 0 Å². The molecule has 0 fully saturated rings. The molecule has 0 aromatic heterocycles. The van der Waals surface area contributed by atoms with Crippen molar-refractivity contribution in [3.8, 4) is 0 Å². The SMILES string of the molecule is O=C=CC/C=C/C=C/c1ccccc1. The fraction of sp³-hybridized carbons (Fsp3) is 0.0769. The molecular formula is C13H12O. The summed E-state index contributed by atoms with van der Waals surface area (Å²) in [7, 11) is 0. The first kappa shape index (κ1) is 10.2. The molecule has 0 unspecified atom stereocenters. The van der Waals surface area contributed by atoms with Gasteiger partial charge in [0.15, 0.2) is 0 Å². The molecule has 0 N–H and O–H groups in total. The number of hydrogen-bond donors (Lipinski definition) is 0. The molecule has 0 atom stereocenters. The molecule has 1 aromatic carbocycles. The molecule has 0 saturated carbocycles. The highest BCUT2D eigenvalue weighted by Crippen LogP contribution is 2.00. The molecule has 0 amide bonds. The van der Waals surface area contributed by atoms with Crippen molar-refractivity contribution in [2.45, 2.75) is 6.42 Å². The fourth-order valence-electron chi connectivity index (χ4n) is 1.00. The molecule has 1 rings (SSSR count). The van der Waals surface area contributed by atoms with Crippen LogP contribution in [-0.2, 0) is 4.79 Å². The summed E-state index contributed by atoms with van der Waals surface area (Å²) in [6.07, 6.45) is 9.88. The van der Waals surface area contributed by atoms with Crippen LogP contribution in [-0.4, -0.2) is 5.94 Å². The summed E-state index contributed by atoms with van der Waals surface area (Å²) in [6, 6.07) is 10.1. The van der Waals surface area contributed by atoms with Crippen LogP contribution in [0.15, 0.2) is 54.6 Å². The Morgan fingerprint density at radius 2 is 1.93 bits per heavy atom. The van der Waals surface area contributed by atoms with E-state index in [2.05, 4.69) is 0 Å². The van der Waals surface area contributed by atoms with Crippen LogP contribution in [0.5, 0.6) is 0 Å². The third-order valence-corrected chi connectivity index (χ3v) is 1.67. The van der Waals surface area contributed by atoms with Crippen LogP contribution < -0.4 is 0 Å². The Kier molecular flexibility index (Phi) is 4.86. The summed E-state index contributed by atoms with van der Waals surface area (Å²) in [4.78, 5) is 9.83. The Bertz CT molecular complexity index is 354. The Labute approximate surface area is 84.1 Å². The monoisotopic (exact) mass is 184 g/mol. The maximum atomic E-state index is 9.83. The molecular weight excluding hydrogens is 172 g/mol. The average Bonchev–Trinajstić information content (AvgIpc) is 2.25. The minimum atomic E-state index is 0.641. The number of benzene rings is 1. The van der Waals surface area contributed by atoms with Gasteiger partial charge in [-0.1, -0.05) is 54.6 Å². The van der Waals surface area contributed by atoms with Crippen LogP contribution in [0.1, 0.15) is 12.0 Å². The second-order valence-electron chi connectivity index (χ2n) is 2.76. The predicted octanol–water partition coefficient (Wildman–Crippen LogP) is 3.03. The van der Waals surface area contributed by atoms with E-state index in [9.17, 15) is 4.79 Å². The fourth-order valence-corrected chi connectivity index (χ4v) is 1.00. The van der Waals surface area contributed by atoms with Crippen molar-refractivity contribution in [3.05, 3.63) is 60.2 Å². The Morgan fingerprint density at radius 1 is 1.14 bits per heavy atom. The van der Waals surface area contributed by atoms with Crippen LogP contribution in [0.4, 0.5) is 0 Å². The van der Waals surface area contributed by atoms with Gasteiger partial charge in [0, 0.05) is 6.08 Å². The molecule has 0 spiro atoms. The molecule has 0 aliphatic rings. The molecule has 14 heavy (non-hydrogen) atoms. The molecule has 0 radical (unpaired) electrons. The van der Waals surface area contributed by atoms with Crippen molar-refractivity contribution in [1.29, 1.82) is 0 Å². The molecule has 1 nitrogen and oxygen atoms in total. The van der Waals surface area contributed by atoms with Gasteiger partial charge < -0.3 is 0 Å². The highest BCUT2D eigenvalue weighted by Gasteiger charge is 1.79. The normalized spacial score (nSPS) is 10.6. The molecule has 70 valence electrons. The second-order valence-corrected chi connectivity index (χ2v) is 2.76. The third kappa shape index (κ3) is 4.24. The second kappa shape index (κ2) is 6.64. The first-order valence-electron chi connectivity index (χ1n) is 4.51. The van der Waals surface area contributed by atoms with Crippen LogP contribution in [0.25, 0.3) is 6.08 Å². The number of hydrogen-bond acceptors (Lipinski definition) is 1. The minimum absolute atomic E-state index is 0.641. The Hall–Kier alpha value is -1.85. The molecule has 0 saturated heterocycles.